The molecule has 3 aliphatic rings. The van der Waals surface area contributed by atoms with Gasteiger partial charge in [0, 0.05) is 18.9 Å². The summed E-state index contributed by atoms with van der Waals surface area (Å²) < 4.78 is 0. The summed E-state index contributed by atoms with van der Waals surface area (Å²) in [5.74, 6) is 3.23. The van der Waals surface area contributed by atoms with E-state index in [1.165, 1.54) is 109 Å². The van der Waals surface area contributed by atoms with Crippen LogP contribution in [0.15, 0.2) is 23.8 Å². The van der Waals surface area contributed by atoms with Crippen LogP contribution < -0.4 is 0 Å². The average molecular weight is 508 g/mol. The summed E-state index contributed by atoms with van der Waals surface area (Å²) in [6.45, 7) is 7.88. The van der Waals surface area contributed by atoms with E-state index < -0.39 is 0 Å². The van der Waals surface area contributed by atoms with E-state index in [1.807, 2.05) is 6.92 Å². The highest BCUT2D eigenvalue weighted by atomic mass is 16.1. The van der Waals surface area contributed by atoms with Gasteiger partial charge in [-0.3, -0.25) is 0 Å². The van der Waals surface area contributed by atoms with Gasteiger partial charge in [-0.1, -0.05) is 89.4 Å². The molecule has 0 aromatic carbocycles. The van der Waals surface area contributed by atoms with Gasteiger partial charge in [-0.05, 0) is 69.1 Å². The van der Waals surface area contributed by atoms with Crippen molar-refractivity contribution in [3.8, 4) is 18.2 Å². The molecule has 4 heteroatoms. The molecule has 37 heavy (non-hydrogen) atoms. The van der Waals surface area contributed by atoms with Crippen molar-refractivity contribution in [1.82, 2.24) is 0 Å². The smallest absolute Gasteiger partial charge is 0.123 e. The number of carbonyl (C=O) groups excluding carboxylic acids is 1. The first-order valence-corrected chi connectivity index (χ1v) is 14.8. The Balaban J connectivity index is 0.000000500. The van der Waals surface area contributed by atoms with E-state index in [0.717, 1.165) is 18.1 Å². The first kappa shape index (κ1) is 34.6. The molecule has 0 aromatic rings. The van der Waals surface area contributed by atoms with Crippen LogP contribution in [0.25, 0.3) is 0 Å². The molecule has 0 aromatic heterocycles. The van der Waals surface area contributed by atoms with Crippen molar-refractivity contribution in [2.24, 2.45) is 29.6 Å². The third-order valence-corrected chi connectivity index (χ3v) is 8.24. The Bertz CT molecular complexity index is 746. The first-order valence-electron chi connectivity index (χ1n) is 14.8. The molecule has 4 nitrogen and oxygen atoms in total. The molecule has 0 radical (unpaired) electrons. The largest absolute Gasteiger partial charge is 0.303 e. The predicted molar refractivity (Wildman–Crippen MR) is 154 cm³/mol. The zero-order valence-corrected chi connectivity index (χ0v) is 24.3. The van der Waals surface area contributed by atoms with Crippen molar-refractivity contribution in [1.29, 1.82) is 15.8 Å². The van der Waals surface area contributed by atoms with E-state index >= 15 is 0 Å². The lowest BCUT2D eigenvalue weighted by molar-refractivity contribution is -0.112. The Morgan fingerprint density at radius 3 is 1.62 bits per heavy atom. The van der Waals surface area contributed by atoms with Crippen LogP contribution in [0.5, 0.6) is 0 Å². The lowest BCUT2D eigenvalue weighted by Gasteiger charge is -2.25. The molecule has 0 heterocycles. The van der Waals surface area contributed by atoms with Gasteiger partial charge in [0.1, 0.15) is 6.29 Å². The molecular weight excluding hydrogens is 454 g/mol. The topological polar surface area (TPSA) is 88.4 Å². The highest BCUT2D eigenvalue weighted by Crippen LogP contribution is 2.31. The van der Waals surface area contributed by atoms with Crippen LogP contribution in [0.3, 0.4) is 0 Å². The van der Waals surface area contributed by atoms with Crippen LogP contribution >= 0.6 is 0 Å². The highest BCUT2D eigenvalue weighted by molar-refractivity contribution is 5.53. The van der Waals surface area contributed by atoms with Gasteiger partial charge in [-0.15, -0.1) is 0 Å². The first-order chi connectivity index (χ1) is 17.9. The van der Waals surface area contributed by atoms with Crippen molar-refractivity contribution < 1.29 is 4.79 Å². The Labute approximate surface area is 228 Å². The molecule has 3 aliphatic carbocycles. The molecule has 0 bridgehead atoms. The van der Waals surface area contributed by atoms with Gasteiger partial charge in [0.25, 0.3) is 0 Å². The minimum Gasteiger partial charge on any atom is -0.303 e. The second kappa shape index (κ2) is 24.0. The summed E-state index contributed by atoms with van der Waals surface area (Å²) >= 11 is 0. The second-order valence-corrected chi connectivity index (χ2v) is 11.0. The van der Waals surface area contributed by atoms with Crippen LogP contribution in [0.2, 0.25) is 0 Å². The van der Waals surface area contributed by atoms with E-state index in [2.05, 4.69) is 38.1 Å². The Morgan fingerprint density at radius 1 is 0.784 bits per heavy atom. The Morgan fingerprint density at radius 2 is 1.22 bits per heavy atom. The van der Waals surface area contributed by atoms with E-state index in [0.29, 0.717) is 24.2 Å². The minimum absolute atomic E-state index is 0.306. The second-order valence-electron chi connectivity index (χ2n) is 11.0. The molecule has 0 amide bonds. The maximum Gasteiger partial charge on any atom is 0.123 e. The van der Waals surface area contributed by atoms with E-state index in [4.69, 9.17) is 15.8 Å². The molecule has 0 spiro atoms. The monoisotopic (exact) mass is 507 g/mol. The Hall–Kier alpha value is -2.38. The molecule has 206 valence electrons. The van der Waals surface area contributed by atoms with Crippen molar-refractivity contribution in [3.05, 3.63) is 23.8 Å². The van der Waals surface area contributed by atoms with Gasteiger partial charge < -0.3 is 4.79 Å². The molecule has 2 atom stereocenters. The van der Waals surface area contributed by atoms with Gasteiger partial charge in [0.05, 0.1) is 24.6 Å². The van der Waals surface area contributed by atoms with Crippen LogP contribution in [0.4, 0.5) is 0 Å². The van der Waals surface area contributed by atoms with E-state index in [1.54, 1.807) is 12.1 Å². The maximum absolute atomic E-state index is 10.4. The lowest BCUT2D eigenvalue weighted by atomic mass is 9.81. The summed E-state index contributed by atoms with van der Waals surface area (Å²) in [5, 5.41) is 24.1. The number of nitriles is 3. The summed E-state index contributed by atoms with van der Waals surface area (Å²) in [7, 11) is 0. The molecule has 2 unspecified atom stereocenters. The predicted octanol–water partition coefficient (Wildman–Crippen LogP) is 9.64. The SMILES string of the molecule is CC#N.CC(=CCC#N)C1CCCCC1.CC(C=CC#N)C1CCCCC1.CC(C=O)C1CCCCC1. The van der Waals surface area contributed by atoms with Crippen LogP contribution in [-0.4, -0.2) is 6.29 Å². The summed E-state index contributed by atoms with van der Waals surface area (Å²) in [6.07, 6.45) is 27.8. The Kier molecular flexibility index (Phi) is 22.4. The van der Waals surface area contributed by atoms with E-state index in [-0.39, 0.29) is 0 Å². The van der Waals surface area contributed by atoms with Gasteiger partial charge in [0.15, 0.2) is 0 Å². The fraction of sp³-hybridized carbons (Fsp3) is 0.758. The number of allylic oxidation sites excluding steroid dienone is 4. The fourth-order valence-electron chi connectivity index (χ4n) is 5.71. The number of nitrogens with zero attached hydrogens (tertiary/aromatic N) is 3. The van der Waals surface area contributed by atoms with Gasteiger partial charge in [0.2, 0.25) is 0 Å². The fourth-order valence-corrected chi connectivity index (χ4v) is 5.71. The summed E-state index contributed by atoms with van der Waals surface area (Å²) in [4.78, 5) is 10.4. The maximum atomic E-state index is 10.4. The molecule has 3 rings (SSSR count). The standard InChI is InChI=1S/2C11H17N.C9H16O.C2H3N/c2*1-10(6-5-9-12)11-7-3-2-4-8-11;1-8(7-10)9-5-3-2-4-6-9;1-2-3/h6,11H,2-5,7-8H2,1H3;5-6,10-11H,2-4,7-8H2,1H3;7-9H,2-6H2,1H3;1H3. The third-order valence-electron chi connectivity index (χ3n) is 8.24. The van der Waals surface area contributed by atoms with Gasteiger partial charge in [-0.25, -0.2) is 0 Å². The lowest BCUT2D eigenvalue weighted by Crippen LogP contribution is -2.15. The zero-order chi connectivity index (χ0) is 27.7. The van der Waals surface area contributed by atoms with Gasteiger partial charge >= 0.3 is 0 Å². The van der Waals surface area contributed by atoms with Crippen molar-refractivity contribution in [2.45, 2.75) is 130 Å². The average Bonchev–Trinajstić information content (AvgIpc) is 2.96. The molecule has 0 saturated heterocycles. The van der Waals surface area contributed by atoms with Crippen LogP contribution in [0, 0.1) is 63.6 Å². The van der Waals surface area contributed by atoms with Crippen LogP contribution in [-0.2, 0) is 4.79 Å². The molecule has 3 saturated carbocycles. The third kappa shape index (κ3) is 17.7. The normalized spacial score (nSPS) is 20.6. The minimum atomic E-state index is 0.306. The number of hydrogen-bond donors (Lipinski definition) is 0. The quantitative estimate of drug-likeness (QED) is 0.203. The number of carbonyl (C=O) groups is 1. The van der Waals surface area contributed by atoms with Gasteiger partial charge in [-0.2, -0.15) is 15.8 Å². The summed E-state index contributed by atoms with van der Waals surface area (Å²) in [6, 6.07) is 5.97. The van der Waals surface area contributed by atoms with Crippen LogP contribution in [0.1, 0.15) is 130 Å². The number of aldehydes is 1. The van der Waals surface area contributed by atoms with Crippen molar-refractivity contribution >= 4 is 6.29 Å². The highest BCUT2D eigenvalue weighted by Gasteiger charge is 2.19. The zero-order valence-electron chi connectivity index (χ0n) is 24.3. The molecule has 0 aliphatic heterocycles. The summed E-state index contributed by atoms with van der Waals surface area (Å²) in [5.41, 5.74) is 1.44. The molecular formula is C33H53N3O. The van der Waals surface area contributed by atoms with Crippen molar-refractivity contribution in [3.63, 3.8) is 0 Å². The number of hydrogen-bond acceptors (Lipinski definition) is 4. The molecule has 3 fully saturated rings. The van der Waals surface area contributed by atoms with Crippen molar-refractivity contribution in [2.75, 3.05) is 0 Å². The molecule has 0 N–H and O–H groups in total. The van der Waals surface area contributed by atoms with E-state index in [9.17, 15) is 4.79 Å². The number of rotatable bonds is 6.